The van der Waals surface area contributed by atoms with Crippen molar-refractivity contribution in [1.82, 2.24) is 16.0 Å². The van der Waals surface area contributed by atoms with E-state index in [0.717, 1.165) is 6.42 Å². The normalized spacial score (nSPS) is 23.9. The molecule has 1 saturated carbocycles. The average molecular weight is 241 g/mol. The molecular formula is C12H23N3O2. The van der Waals surface area contributed by atoms with Crippen molar-refractivity contribution in [2.45, 2.75) is 45.6 Å². The lowest BCUT2D eigenvalue weighted by Gasteiger charge is -2.29. The molecule has 1 aliphatic rings. The summed E-state index contributed by atoms with van der Waals surface area (Å²) in [5.41, 5.74) is 0. The standard InChI is InChI=1S/C12H23N3O2/c1-3-13-11(16)8-14-12(17)15-10-7-5-4-6-9(10)2/h9-10H,3-8H2,1-2H3,(H,13,16)(H2,14,15,17). The highest BCUT2D eigenvalue weighted by Crippen LogP contribution is 2.23. The molecule has 17 heavy (non-hydrogen) atoms. The highest BCUT2D eigenvalue weighted by atomic mass is 16.2. The molecule has 0 radical (unpaired) electrons. The van der Waals surface area contributed by atoms with Crippen LogP contribution in [-0.4, -0.2) is 31.1 Å². The molecule has 5 heteroatoms. The van der Waals surface area contributed by atoms with Crippen LogP contribution in [-0.2, 0) is 4.79 Å². The highest BCUT2D eigenvalue weighted by Gasteiger charge is 2.22. The van der Waals surface area contributed by atoms with E-state index >= 15 is 0 Å². The van der Waals surface area contributed by atoms with Crippen molar-refractivity contribution in [2.24, 2.45) is 5.92 Å². The monoisotopic (exact) mass is 241 g/mol. The van der Waals surface area contributed by atoms with E-state index < -0.39 is 0 Å². The number of amides is 3. The molecule has 1 rings (SSSR count). The van der Waals surface area contributed by atoms with Crippen molar-refractivity contribution in [3.8, 4) is 0 Å². The minimum Gasteiger partial charge on any atom is -0.355 e. The van der Waals surface area contributed by atoms with Crippen molar-refractivity contribution in [3.05, 3.63) is 0 Å². The smallest absolute Gasteiger partial charge is 0.315 e. The number of carbonyl (C=O) groups is 2. The van der Waals surface area contributed by atoms with Gasteiger partial charge in [0.05, 0.1) is 6.54 Å². The van der Waals surface area contributed by atoms with Crippen LogP contribution in [0.15, 0.2) is 0 Å². The summed E-state index contributed by atoms with van der Waals surface area (Å²) in [7, 11) is 0. The summed E-state index contributed by atoms with van der Waals surface area (Å²) in [6.07, 6.45) is 4.63. The summed E-state index contributed by atoms with van der Waals surface area (Å²) >= 11 is 0. The van der Waals surface area contributed by atoms with Crippen LogP contribution in [0.3, 0.4) is 0 Å². The van der Waals surface area contributed by atoms with E-state index in [1.165, 1.54) is 19.3 Å². The first-order valence-corrected chi connectivity index (χ1v) is 6.44. The first kappa shape index (κ1) is 13.8. The van der Waals surface area contributed by atoms with Crippen molar-refractivity contribution >= 4 is 11.9 Å². The number of nitrogens with one attached hydrogen (secondary N) is 3. The topological polar surface area (TPSA) is 70.2 Å². The van der Waals surface area contributed by atoms with Gasteiger partial charge in [0.1, 0.15) is 0 Å². The number of carbonyl (C=O) groups excluding carboxylic acids is 2. The Labute approximate surface area is 103 Å². The van der Waals surface area contributed by atoms with Crippen molar-refractivity contribution in [3.63, 3.8) is 0 Å². The van der Waals surface area contributed by atoms with Crippen LogP contribution in [0.4, 0.5) is 4.79 Å². The molecule has 0 aliphatic heterocycles. The third kappa shape index (κ3) is 5.06. The Morgan fingerprint density at radius 3 is 2.53 bits per heavy atom. The Morgan fingerprint density at radius 1 is 1.18 bits per heavy atom. The van der Waals surface area contributed by atoms with Crippen LogP contribution in [0.5, 0.6) is 0 Å². The zero-order valence-corrected chi connectivity index (χ0v) is 10.7. The first-order chi connectivity index (χ1) is 8.13. The largest absolute Gasteiger partial charge is 0.355 e. The Hall–Kier alpha value is -1.26. The molecule has 2 atom stereocenters. The van der Waals surface area contributed by atoms with Gasteiger partial charge in [0.25, 0.3) is 0 Å². The molecule has 3 N–H and O–H groups in total. The molecule has 0 spiro atoms. The molecule has 0 aromatic heterocycles. The van der Waals surface area contributed by atoms with Gasteiger partial charge in [-0.25, -0.2) is 4.79 Å². The third-order valence-corrected chi connectivity index (χ3v) is 3.21. The van der Waals surface area contributed by atoms with Crippen LogP contribution in [0.25, 0.3) is 0 Å². The fourth-order valence-electron chi connectivity index (χ4n) is 2.17. The number of likely N-dealkylation sites (N-methyl/N-ethyl adjacent to an activating group) is 1. The van der Waals surface area contributed by atoms with Crippen molar-refractivity contribution in [2.75, 3.05) is 13.1 Å². The minimum absolute atomic E-state index is 0.0424. The summed E-state index contributed by atoms with van der Waals surface area (Å²) in [6.45, 7) is 4.64. The molecule has 98 valence electrons. The summed E-state index contributed by atoms with van der Waals surface area (Å²) < 4.78 is 0. The summed E-state index contributed by atoms with van der Waals surface area (Å²) in [5, 5.41) is 8.14. The average Bonchev–Trinajstić information content (AvgIpc) is 2.30. The lowest BCUT2D eigenvalue weighted by Crippen LogP contribution is -2.48. The second kappa shape index (κ2) is 7.14. The summed E-state index contributed by atoms with van der Waals surface area (Å²) in [5.74, 6) is 0.373. The Kier molecular flexibility index (Phi) is 5.80. The number of rotatable bonds is 4. The van der Waals surface area contributed by atoms with Gasteiger partial charge in [-0.15, -0.1) is 0 Å². The predicted molar refractivity (Wildman–Crippen MR) is 66.6 cm³/mol. The first-order valence-electron chi connectivity index (χ1n) is 6.44. The Morgan fingerprint density at radius 2 is 1.88 bits per heavy atom. The fourth-order valence-corrected chi connectivity index (χ4v) is 2.17. The van der Waals surface area contributed by atoms with Gasteiger partial charge in [-0.1, -0.05) is 19.8 Å². The molecule has 5 nitrogen and oxygen atoms in total. The third-order valence-electron chi connectivity index (χ3n) is 3.21. The molecule has 0 heterocycles. The van der Waals surface area contributed by atoms with Crippen molar-refractivity contribution < 1.29 is 9.59 Å². The maximum atomic E-state index is 11.6. The molecule has 0 aromatic rings. The molecule has 1 fully saturated rings. The SMILES string of the molecule is CCNC(=O)CNC(=O)NC1CCCCC1C. The number of hydrogen-bond donors (Lipinski definition) is 3. The van der Waals surface area contributed by atoms with Crippen LogP contribution in [0.2, 0.25) is 0 Å². The number of hydrogen-bond acceptors (Lipinski definition) is 2. The zero-order chi connectivity index (χ0) is 12.7. The van der Waals surface area contributed by atoms with Gasteiger partial charge in [0.2, 0.25) is 5.91 Å². The van der Waals surface area contributed by atoms with Crippen LogP contribution >= 0.6 is 0 Å². The van der Waals surface area contributed by atoms with E-state index in [1.54, 1.807) is 0 Å². The van der Waals surface area contributed by atoms with Gasteiger partial charge >= 0.3 is 6.03 Å². The van der Waals surface area contributed by atoms with Gasteiger partial charge in [0, 0.05) is 12.6 Å². The lowest BCUT2D eigenvalue weighted by atomic mass is 9.86. The maximum Gasteiger partial charge on any atom is 0.315 e. The van der Waals surface area contributed by atoms with Crippen LogP contribution in [0.1, 0.15) is 39.5 Å². The number of urea groups is 1. The van der Waals surface area contributed by atoms with Gasteiger partial charge in [-0.05, 0) is 25.7 Å². The van der Waals surface area contributed by atoms with E-state index in [0.29, 0.717) is 12.5 Å². The van der Waals surface area contributed by atoms with E-state index in [-0.39, 0.29) is 24.5 Å². The molecule has 0 bridgehead atoms. The van der Waals surface area contributed by atoms with Crippen molar-refractivity contribution in [1.29, 1.82) is 0 Å². The highest BCUT2D eigenvalue weighted by molar-refractivity contribution is 5.83. The van der Waals surface area contributed by atoms with E-state index in [9.17, 15) is 9.59 Å². The molecule has 1 aliphatic carbocycles. The predicted octanol–water partition coefficient (Wildman–Crippen LogP) is 1.00. The fraction of sp³-hybridized carbons (Fsp3) is 0.833. The van der Waals surface area contributed by atoms with Gasteiger partial charge < -0.3 is 16.0 Å². The van der Waals surface area contributed by atoms with Gasteiger partial charge in [-0.3, -0.25) is 4.79 Å². The van der Waals surface area contributed by atoms with E-state index in [4.69, 9.17) is 0 Å². The van der Waals surface area contributed by atoms with E-state index in [2.05, 4.69) is 22.9 Å². The molecule has 2 unspecified atom stereocenters. The molecular weight excluding hydrogens is 218 g/mol. The molecule has 0 saturated heterocycles. The van der Waals surface area contributed by atoms with Gasteiger partial charge in [-0.2, -0.15) is 0 Å². The van der Waals surface area contributed by atoms with E-state index in [1.807, 2.05) is 6.92 Å². The second-order valence-electron chi connectivity index (χ2n) is 4.65. The minimum atomic E-state index is -0.241. The summed E-state index contributed by atoms with van der Waals surface area (Å²) in [4.78, 5) is 22.7. The Balaban J connectivity index is 2.22. The maximum absolute atomic E-state index is 11.6. The second-order valence-corrected chi connectivity index (χ2v) is 4.65. The molecule has 3 amide bonds. The quantitative estimate of drug-likeness (QED) is 0.687. The van der Waals surface area contributed by atoms with Crippen LogP contribution < -0.4 is 16.0 Å². The Bertz CT molecular complexity index is 268. The zero-order valence-electron chi connectivity index (χ0n) is 10.7. The van der Waals surface area contributed by atoms with Crippen LogP contribution in [0, 0.1) is 5.92 Å². The molecule has 0 aromatic carbocycles. The van der Waals surface area contributed by atoms with Gasteiger partial charge in [0.15, 0.2) is 0 Å². The lowest BCUT2D eigenvalue weighted by molar-refractivity contribution is -0.119. The summed E-state index contributed by atoms with van der Waals surface area (Å²) in [6, 6.07) is 0.00740.